The Balaban J connectivity index is 1.41. The first-order valence-electron chi connectivity index (χ1n) is 14.7. The Hall–Kier alpha value is -4.76. The molecule has 2 aliphatic heterocycles. The number of likely N-dealkylation sites (tertiary alicyclic amines) is 1. The number of methoxy groups -OCH3 is 1. The van der Waals surface area contributed by atoms with E-state index >= 15 is 0 Å². The first kappa shape index (κ1) is 30.7. The molecular weight excluding hydrogens is 558 g/mol. The van der Waals surface area contributed by atoms with E-state index in [1.807, 2.05) is 43.3 Å². The molecular formula is C35H37N3O6. The number of rotatable bonds is 9. The lowest BCUT2D eigenvalue weighted by atomic mass is 9.80. The zero-order valence-corrected chi connectivity index (χ0v) is 25.4. The van der Waals surface area contributed by atoms with Crippen LogP contribution < -0.4 is 5.32 Å². The molecule has 0 saturated carbocycles. The summed E-state index contributed by atoms with van der Waals surface area (Å²) < 4.78 is 11.3. The topological polar surface area (TPSA) is 111 Å². The van der Waals surface area contributed by atoms with Gasteiger partial charge in [-0.25, -0.2) is 9.59 Å². The summed E-state index contributed by atoms with van der Waals surface area (Å²) in [4.78, 5) is 40.5. The third-order valence-electron chi connectivity index (χ3n) is 8.50. The van der Waals surface area contributed by atoms with Gasteiger partial charge in [0.05, 0.1) is 29.1 Å². The average Bonchev–Trinajstić information content (AvgIpc) is 3.39. The van der Waals surface area contributed by atoms with Gasteiger partial charge < -0.3 is 14.8 Å². The lowest BCUT2D eigenvalue weighted by molar-refractivity contribution is -0.384. The Labute approximate surface area is 257 Å². The van der Waals surface area contributed by atoms with Crippen molar-refractivity contribution < 1.29 is 24.0 Å². The predicted octanol–water partition coefficient (Wildman–Crippen LogP) is 5.84. The lowest BCUT2D eigenvalue weighted by Gasteiger charge is -2.33. The van der Waals surface area contributed by atoms with Gasteiger partial charge in [0.15, 0.2) is 0 Å². The number of hydrogen-bond donors (Lipinski definition) is 1. The number of ether oxygens (including phenoxy) is 2. The lowest BCUT2D eigenvalue weighted by Crippen LogP contribution is -2.39. The molecule has 1 N–H and O–H groups in total. The highest BCUT2D eigenvalue weighted by molar-refractivity contribution is 6.00. The Morgan fingerprint density at radius 2 is 1.55 bits per heavy atom. The van der Waals surface area contributed by atoms with Crippen LogP contribution in [0.15, 0.2) is 107 Å². The molecule has 9 heteroatoms. The molecule has 2 heterocycles. The van der Waals surface area contributed by atoms with Crippen LogP contribution in [0.5, 0.6) is 0 Å². The van der Waals surface area contributed by atoms with E-state index in [2.05, 4.69) is 34.5 Å². The Kier molecular flexibility index (Phi) is 8.96. The predicted molar refractivity (Wildman–Crippen MR) is 167 cm³/mol. The van der Waals surface area contributed by atoms with Crippen LogP contribution in [-0.2, 0) is 19.1 Å². The SMILES string of the molecule is COC(=O)C1=C(C)NC(C)=C(C(=O)OC2(C)CCN(CC(c3ccccc3)c3ccccc3)C2)[C@H]1c1cccc([N+](=O)[O-])c1. The van der Waals surface area contributed by atoms with Gasteiger partial charge in [0, 0.05) is 55.5 Å². The van der Waals surface area contributed by atoms with Gasteiger partial charge in [0.2, 0.25) is 0 Å². The summed E-state index contributed by atoms with van der Waals surface area (Å²) in [6, 6.07) is 26.8. The number of carbonyl (C=O) groups excluding carboxylic acids is 2. The molecule has 1 fully saturated rings. The van der Waals surface area contributed by atoms with Gasteiger partial charge in [0.1, 0.15) is 5.60 Å². The summed E-state index contributed by atoms with van der Waals surface area (Å²) in [5, 5.41) is 14.7. The maximum absolute atomic E-state index is 14.1. The zero-order valence-electron chi connectivity index (χ0n) is 25.4. The second-order valence-electron chi connectivity index (χ2n) is 11.7. The van der Waals surface area contributed by atoms with Gasteiger partial charge >= 0.3 is 11.9 Å². The van der Waals surface area contributed by atoms with Gasteiger partial charge in [0.25, 0.3) is 5.69 Å². The van der Waals surface area contributed by atoms with E-state index < -0.39 is 28.4 Å². The van der Waals surface area contributed by atoms with Crippen LogP contribution in [0.4, 0.5) is 5.69 Å². The van der Waals surface area contributed by atoms with Crippen molar-refractivity contribution in [2.75, 3.05) is 26.7 Å². The van der Waals surface area contributed by atoms with Crippen LogP contribution in [-0.4, -0.2) is 54.1 Å². The van der Waals surface area contributed by atoms with Gasteiger partial charge in [-0.2, -0.15) is 0 Å². The Morgan fingerprint density at radius 3 is 2.11 bits per heavy atom. The number of nitro groups is 1. The first-order valence-corrected chi connectivity index (χ1v) is 14.7. The molecule has 3 aromatic rings. The fourth-order valence-corrected chi connectivity index (χ4v) is 6.37. The molecule has 0 aromatic heterocycles. The first-order chi connectivity index (χ1) is 21.1. The molecule has 1 saturated heterocycles. The molecule has 0 aliphatic carbocycles. The monoisotopic (exact) mass is 595 g/mol. The highest BCUT2D eigenvalue weighted by atomic mass is 16.6. The summed E-state index contributed by atoms with van der Waals surface area (Å²) in [6.07, 6.45) is 0.634. The number of allylic oxidation sites excluding steroid dienone is 2. The van der Waals surface area contributed by atoms with Crippen LogP contribution in [0, 0.1) is 10.1 Å². The second-order valence-corrected chi connectivity index (χ2v) is 11.7. The molecule has 2 atom stereocenters. The number of dihydropyridines is 1. The molecule has 0 spiro atoms. The molecule has 0 amide bonds. The molecule has 2 aliphatic rings. The third-order valence-corrected chi connectivity index (χ3v) is 8.50. The maximum atomic E-state index is 14.1. The van der Waals surface area contributed by atoms with Crippen LogP contribution in [0.3, 0.4) is 0 Å². The normalized spacial score (nSPS) is 20.4. The number of hydrogen-bond acceptors (Lipinski definition) is 8. The minimum absolute atomic E-state index is 0.141. The summed E-state index contributed by atoms with van der Waals surface area (Å²) in [6.45, 7) is 7.43. The second kappa shape index (κ2) is 12.9. The number of nitro benzene ring substituents is 1. The van der Waals surface area contributed by atoms with Gasteiger partial charge in [-0.1, -0.05) is 72.8 Å². The summed E-state index contributed by atoms with van der Waals surface area (Å²) in [7, 11) is 1.27. The fourth-order valence-electron chi connectivity index (χ4n) is 6.37. The summed E-state index contributed by atoms with van der Waals surface area (Å²) in [5.41, 5.74) is 3.40. The molecule has 0 radical (unpaired) electrons. The van der Waals surface area contributed by atoms with E-state index in [1.54, 1.807) is 26.0 Å². The molecule has 44 heavy (non-hydrogen) atoms. The summed E-state index contributed by atoms with van der Waals surface area (Å²) in [5.74, 6) is -1.96. The molecule has 1 unspecified atom stereocenters. The zero-order chi connectivity index (χ0) is 31.4. The van der Waals surface area contributed by atoms with Crippen molar-refractivity contribution in [2.45, 2.75) is 44.6 Å². The standard InChI is InChI=1S/C35H37N3O6/c1-23-30(33(39)43-4)32(27-16-11-17-28(20-27)38(41)42)31(24(2)36-23)34(40)44-35(3)18-19-37(22-35)21-29(25-12-7-5-8-13-25)26-14-9-6-10-15-26/h5-17,20,29,32,36H,18-19,21-22H2,1-4H3/t32-,35?/m0/s1. The molecule has 9 nitrogen and oxygen atoms in total. The van der Waals surface area contributed by atoms with E-state index in [0.717, 1.165) is 13.1 Å². The van der Waals surface area contributed by atoms with Crippen molar-refractivity contribution in [3.8, 4) is 0 Å². The average molecular weight is 596 g/mol. The van der Waals surface area contributed by atoms with Crippen molar-refractivity contribution in [3.05, 3.63) is 134 Å². The number of nitrogens with zero attached hydrogens (tertiary/aromatic N) is 2. The highest BCUT2D eigenvalue weighted by Crippen LogP contribution is 2.41. The minimum Gasteiger partial charge on any atom is -0.466 e. The largest absolute Gasteiger partial charge is 0.466 e. The van der Waals surface area contributed by atoms with E-state index in [9.17, 15) is 19.7 Å². The van der Waals surface area contributed by atoms with Crippen molar-refractivity contribution in [1.82, 2.24) is 10.2 Å². The maximum Gasteiger partial charge on any atom is 0.337 e. The van der Waals surface area contributed by atoms with Gasteiger partial charge in [-0.15, -0.1) is 0 Å². The highest BCUT2D eigenvalue weighted by Gasteiger charge is 2.43. The Morgan fingerprint density at radius 1 is 0.955 bits per heavy atom. The molecule has 228 valence electrons. The number of nitrogens with one attached hydrogen (secondary N) is 1. The van der Waals surface area contributed by atoms with Crippen LogP contribution in [0.2, 0.25) is 0 Å². The number of esters is 2. The van der Waals surface area contributed by atoms with Gasteiger partial charge in [-0.3, -0.25) is 15.0 Å². The summed E-state index contributed by atoms with van der Waals surface area (Å²) >= 11 is 0. The van der Waals surface area contributed by atoms with Crippen molar-refractivity contribution in [1.29, 1.82) is 0 Å². The number of carbonyl (C=O) groups is 2. The molecule has 5 rings (SSSR count). The van der Waals surface area contributed by atoms with E-state index in [0.29, 0.717) is 29.9 Å². The van der Waals surface area contributed by atoms with Crippen molar-refractivity contribution >= 4 is 17.6 Å². The van der Waals surface area contributed by atoms with Crippen LogP contribution in [0.1, 0.15) is 55.7 Å². The Bertz CT molecular complexity index is 1580. The van der Waals surface area contributed by atoms with Crippen LogP contribution in [0.25, 0.3) is 0 Å². The number of non-ortho nitro benzene ring substituents is 1. The smallest absolute Gasteiger partial charge is 0.337 e. The van der Waals surface area contributed by atoms with E-state index in [-0.39, 0.29) is 22.8 Å². The van der Waals surface area contributed by atoms with Crippen molar-refractivity contribution in [2.24, 2.45) is 0 Å². The molecule has 3 aromatic carbocycles. The number of benzene rings is 3. The van der Waals surface area contributed by atoms with Gasteiger partial charge in [-0.05, 0) is 37.5 Å². The van der Waals surface area contributed by atoms with Crippen molar-refractivity contribution in [3.63, 3.8) is 0 Å². The van der Waals surface area contributed by atoms with Crippen LogP contribution >= 0.6 is 0 Å². The molecule has 0 bridgehead atoms. The third kappa shape index (κ3) is 6.43. The van der Waals surface area contributed by atoms with E-state index in [4.69, 9.17) is 9.47 Å². The quantitative estimate of drug-likeness (QED) is 0.187. The fraction of sp³-hybridized carbons (Fsp3) is 0.314. The minimum atomic E-state index is -0.905. The van der Waals surface area contributed by atoms with E-state index in [1.165, 1.54) is 30.4 Å².